The van der Waals surface area contributed by atoms with Gasteiger partial charge in [-0.25, -0.2) is 0 Å². The quantitative estimate of drug-likeness (QED) is 0.655. The molecule has 2 atom stereocenters. The molecule has 0 radical (unpaired) electrons. The third-order valence-corrected chi connectivity index (χ3v) is 2.61. The number of rotatable bonds is 4. The van der Waals surface area contributed by atoms with Crippen LogP contribution in [0.2, 0.25) is 5.02 Å². The summed E-state index contributed by atoms with van der Waals surface area (Å²) < 4.78 is 0. The molecule has 0 aliphatic heterocycles. The largest absolute Gasteiger partial charge is 0.391 e. The standard InChI is InChI=1S/C10H13ClN2O3.ClH/c1-2-9(14)10(12)7-5-6(11)3-4-8(7)13(15)16;/h3-5,9-10,14H,2,12H2,1H3;1H/t9-,10+;/m0./s1. The van der Waals surface area contributed by atoms with Gasteiger partial charge in [0.15, 0.2) is 0 Å². The van der Waals surface area contributed by atoms with Crippen LogP contribution in [0.25, 0.3) is 0 Å². The Bertz CT molecular complexity index is 401. The number of hydrogen-bond acceptors (Lipinski definition) is 4. The van der Waals surface area contributed by atoms with E-state index in [0.29, 0.717) is 11.4 Å². The molecule has 1 aromatic carbocycles. The summed E-state index contributed by atoms with van der Waals surface area (Å²) in [6.45, 7) is 1.75. The lowest BCUT2D eigenvalue weighted by atomic mass is 9.99. The van der Waals surface area contributed by atoms with Crippen LogP contribution in [0.15, 0.2) is 18.2 Å². The fourth-order valence-corrected chi connectivity index (χ4v) is 1.60. The summed E-state index contributed by atoms with van der Waals surface area (Å²) in [5, 5.41) is 20.7. The van der Waals surface area contributed by atoms with E-state index >= 15 is 0 Å². The molecule has 96 valence electrons. The summed E-state index contributed by atoms with van der Waals surface area (Å²) in [6, 6.07) is 3.33. The molecule has 0 fully saturated rings. The van der Waals surface area contributed by atoms with Crippen molar-refractivity contribution < 1.29 is 10.0 Å². The Morgan fingerprint density at radius 2 is 2.18 bits per heavy atom. The van der Waals surface area contributed by atoms with Crippen molar-refractivity contribution in [1.82, 2.24) is 0 Å². The molecule has 0 aliphatic carbocycles. The molecule has 0 spiro atoms. The SMILES string of the molecule is CC[C@H](O)[C@H](N)c1cc(Cl)ccc1[N+](=O)[O-].Cl. The molecule has 0 saturated heterocycles. The van der Waals surface area contributed by atoms with Crippen molar-refractivity contribution in [2.45, 2.75) is 25.5 Å². The summed E-state index contributed by atoms with van der Waals surface area (Å²) in [5.41, 5.74) is 5.88. The van der Waals surface area contributed by atoms with Crippen molar-refractivity contribution in [3.8, 4) is 0 Å². The maximum absolute atomic E-state index is 10.8. The van der Waals surface area contributed by atoms with Gasteiger partial charge in [-0.05, 0) is 18.6 Å². The smallest absolute Gasteiger partial charge is 0.274 e. The Balaban J connectivity index is 0.00000256. The van der Waals surface area contributed by atoms with Gasteiger partial charge < -0.3 is 10.8 Å². The highest BCUT2D eigenvalue weighted by molar-refractivity contribution is 6.30. The molecule has 0 aliphatic rings. The molecule has 0 bridgehead atoms. The van der Waals surface area contributed by atoms with Gasteiger partial charge in [0.05, 0.1) is 22.6 Å². The summed E-state index contributed by atoms with van der Waals surface area (Å²) in [6.07, 6.45) is -0.401. The molecule has 0 heterocycles. The molecule has 0 amide bonds. The van der Waals surface area contributed by atoms with Crippen molar-refractivity contribution in [3.63, 3.8) is 0 Å². The maximum atomic E-state index is 10.8. The van der Waals surface area contributed by atoms with Gasteiger partial charge in [-0.3, -0.25) is 10.1 Å². The molecule has 1 aromatic rings. The highest BCUT2D eigenvalue weighted by atomic mass is 35.5. The van der Waals surface area contributed by atoms with Gasteiger partial charge in [-0.15, -0.1) is 12.4 Å². The normalized spacial score (nSPS) is 13.6. The van der Waals surface area contributed by atoms with Crippen LogP contribution < -0.4 is 5.73 Å². The second-order valence-electron chi connectivity index (χ2n) is 3.46. The second kappa shape index (κ2) is 6.76. The van der Waals surface area contributed by atoms with Crippen molar-refractivity contribution in [3.05, 3.63) is 38.9 Å². The van der Waals surface area contributed by atoms with Gasteiger partial charge in [-0.2, -0.15) is 0 Å². The van der Waals surface area contributed by atoms with Gasteiger partial charge in [0.1, 0.15) is 0 Å². The number of halogens is 2. The number of nitrogens with two attached hydrogens (primary N) is 1. The van der Waals surface area contributed by atoms with Crippen LogP contribution in [-0.2, 0) is 0 Å². The van der Waals surface area contributed by atoms with E-state index in [1.807, 2.05) is 0 Å². The van der Waals surface area contributed by atoms with Crippen LogP contribution in [0.3, 0.4) is 0 Å². The Labute approximate surface area is 110 Å². The predicted molar refractivity (Wildman–Crippen MR) is 68.6 cm³/mol. The van der Waals surface area contributed by atoms with E-state index in [-0.39, 0.29) is 23.7 Å². The molecule has 1 rings (SSSR count). The monoisotopic (exact) mass is 280 g/mol. The van der Waals surface area contributed by atoms with Crippen molar-refractivity contribution in [2.24, 2.45) is 5.73 Å². The Hall–Kier alpha value is -0.880. The molecule has 17 heavy (non-hydrogen) atoms. The highest BCUT2D eigenvalue weighted by Gasteiger charge is 2.24. The zero-order valence-corrected chi connectivity index (χ0v) is 10.7. The molecule has 7 heteroatoms. The van der Waals surface area contributed by atoms with Crippen LogP contribution in [0.5, 0.6) is 0 Å². The van der Waals surface area contributed by atoms with Crippen molar-refractivity contribution in [2.75, 3.05) is 0 Å². The van der Waals surface area contributed by atoms with Crippen LogP contribution in [-0.4, -0.2) is 16.1 Å². The Kier molecular flexibility index (Phi) is 6.41. The average molecular weight is 281 g/mol. The second-order valence-corrected chi connectivity index (χ2v) is 3.90. The first-order valence-corrected chi connectivity index (χ1v) is 5.22. The lowest BCUT2D eigenvalue weighted by Crippen LogP contribution is -2.26. The third-order valence-electron chi connectivity index (χ3n) is 2.38. The molecule has 5 nitrogen and oxygen atoms in total. The topological polar surface area (TPSA) is 89.4 Å². The molecule has 0 saturated carbocycles. The van der Waals surface area contributed by atoms with Crippen LogP contribution in [0.4, 0.5) is 5.69 Å². The first-order chi connectivity index (χ1) is 7.47. The zero-order chi connectivity index (χ0) is 12.3. The number of nitro groups is 1. The van der Waals surface area contributed by atoms with E-state index in [1.165, 1.54) is 18.2 Å². The zero-order valence-electron chi connectivity index (χ0n) is 9.17. The van der Waals surface area contributed by atoms with Gasteiger partial charge in [-0.1, -0.05) is 18.5 Å². The minimum Gasteiger partial charge on any atom is -0.391 e. The predicted octanol–water partition coefficient (Wildman–Crippen LogP) is 2.44. The van der Waals surface area contributed by atoms with Gasteiger partial charge in [0.2, 0.25) is 0 Å². The molecule has 0 aromatic heterocycles. The fourth-order valence-electron chi connectivity index (χ4n) is 1.42. The van der Waals surface area contributed by atoms with Gasteiger partial charge in [0.25, 0.3) is 5.69 Å². The summed E-state index contributed by atoms with van der Waals surface area (Å²) in [5.74, 6) is 0. The number of hydrogen-bond donors (Lipinski definition) is 2. The molecular formula is C10H14Cl2N2O3. The van der Waals surface area contributed by atoms with E-state index in [0.717, 1.165) is 0 Å². The van der Waals surface area contributed by atoms with Gasteiger partial charge >= 0.3 is 0 Å². The molecule has 0 unspecified atom stereocenters. The van der Waals surface area contributed by atoms with E-state index in [4.69, 9.17) is 17.3 Å². The molecular weight excluding hydrogens is 267 g/mol. The van der Waals surface area contributed by atoms with Crippen molar-refractivity contribution in [1.29, 1.82) is 0 Å². The average Bonchev–Trinajstić information content (AvgIpc) is 2.26. The van der Waals surface area contributed by atoms with E-state index in [1.54, 1.807) is 6.92 Å². The minimum atomic E-state index is -0.822. The summed E-state index contributed by atoms with van der Waals surface area (Å²) >= 11 is 5.75. The Morgan fingerprint density at radius 1 is 1.59 bits per heavy atom. The maximum Gasteiger partial charge on any atom is 0.274 e. The summed E-state index contributed by atoms with van der Waals surface area (Å²) in [4.78, 5) is 10.2. The minimum absolute atomic E-state index is 0. The van der Waals surface area contributed by atoms with Gasteiger partial charge in [0, 0.05) is 11.1 Å². The fraction of sp³-hybridized carbons (Fsp3) is 0.400. The van der Waals surface area contributed by atoms with Crippen LogP contribution in [0, 0.1) is 10.1 Å². The van der Waals surface area contributed by atoms with Crippen molar-refractivity contribution >= 4 is 29.7 Å². The van der Waals surface area contributed by atoms with E-state index in [2.05, 4.69) is 0 Å². The van der Waals surface area contributed by atoms with Crippen LogP contribution >= 0.6 is 24.0 Å². The third kappa shape index (κ3) is 3.81. The Morgan fingerprint density at radius 3 is 2.65 bits per heavy atom. The number of nitrogens with zero attached hydrogens (tertiary/aromatic N) is 1. The number of aliphatic hydroxyl groups is 1. The summed E-state index contributed by atoms with van der Waals surface area (Å²) in [7, 11) is 0. The highest BCUT2D eigenvalue weighted by Crippen LogP contribution is 2.29. The number of benzene rings is 1. The van der Waals surface area contributed by atoms with Crippen LogP contribution in [0.1, 0.15) is 24.9 Å². The van der Waals surface area contributed by atoms with E-state index < -0.39 is 17.1 Å². The molecule has 3 N–H and O–H groups in total. The first kappa shape index (κ1) is 16.1. The number of nitro benzene ring substituents is 1. The lowest BCUT2D eigenvalue weighted by Gasteiger charge is -2.17. The lowest BCUT2D eigenvalue weighted by molar-refractivity contribution is -0.385. The first-order valence-electron chi connectivity index (χ1n) is 4.84. The van der Waals surface area contributed by atoms with E-state index in [9.17, 15) is 15.2 Å². The number of aliphatic hydroxyl groups excluding tert-OH is 1.